The van der Waals surface area contributed by atoms with Gasteiger partial charge in [0.1, 0.15) is 23.1 Å². The van der Waals surface area contributed by atoms with E-state index in [1.807, 2.05) is 12.1 Å². The Kier molecular flexibility index (Phi) is 6.25. The molecule has 1 aromatic carbocycles. The number of pyridine rings is 2. The molecule has 194 valence electrons. The Morgan fingerprint density at radius 1 is 1.08 bits per heavy atom. The van der Waals surface area contributed by atoms with E-state index >= 15 is 0 Å². The standard InChI is InChI=1S/C29H29FN6OS/c1-17-15-36(28(19-6-8-21(30)9-7-19)23-16-38-29(33-23)20-4-5-20)18(2)14-35(17)25-12-26(37)34(3)24-11-10-22(13-31)32-27(24)25/h6-12,16-18,20,28H,4-5,14-15H2,1-3H3/t17-,18+,28?/m0/s1. The zero-order valence-corrected chi connectivity index (χ0v) is 22.5. The Morgan fingerprint density at radius 2 is 1.84 bits per heavy atom. The highest BCUT2D eigenvalue weighted by Gasteiger charge is 2.37. The van der Waals surface area contributed by atoms with Crippen LogP contribution in [0.25, 0.3) is 11.0 Å². The topological polar surface area (TPSA) is 78.0 Å². The highest BCUT2D eigenvalue weighted by Crippen LogP contribution is 2.43. The highest BCUT2D eigenvalue weighted by atomic mass is 32.1. The van der Waals surface area contributed by atoms with E-state index < -0.39 is 0 Å². The summed E-state index contributed by atoms with van der Waals surface area (Å²) in [5.74, 6) is 0.327. The number of hydrogen-bond donors (Lipinski definition) is 0. The molecule has 0 spiro atoms. The molecule has 3 aromatic heterocycles. The summed E-state index contributed by atoms with van der Waals surface area (Å²) in [4.78, 5) is 27.2. The smallest absolute Gasteiger partial charge is 0.252 e. The van der Waals surface area contributed by atoms with Crippen LogP contribution in [0.4, 0.5) is 10.1 Å². The number of aryl methyl sites for hydroxylation is 1. The van der Waals surface area contributed by atoms with Crippen LogP contribution in [0.5, 0.6) is 0 Å². The van der Waals surface area contributed by atoms with E-state index in [1.165, 1.54) is 30.0 Å². The average molecular weight is 529 g/mol. The molecule has 1 aliphatic carbocycles. The molecule has 3 atom stereocenters. The number of benzene rings is 1. The van der Waals surface area contributed by atoms with Gasteiger partial charge in [-0.15, -0.1) is 11.3 Å². The number of rotatable bonds is 5. The minimum atomic E-state index is -0.252. The van der Waals surface area contributed by atoms with Gasteiger partial charge in [0.2, 0.25) is 0 Å². The number of halogens is 1. The Morgan fingerprint density at radius 3 is 2.55 bits per heavy atom. The first-order chi connectivity index (χ1) is 18.3. The lowest BCUT2D eigenvalue weighted by Crippen LogP contribution is -2.57. The molecule has 0 radical (unpaired) electrons. The first-order valence-electron chi connectivity index (χ1n) is 13.0. The molecule has 0 amide bonds. The zero-order chi connectivity index (χ0) is 26.6. The third-order valence-electron chi connectivity index (χ3n) is 7.79. The summed E-state index contributed by atoms with van der Waals surface area (Å²) in [6, 6.07) is 14.0. The van der Waals surface area contributed by atoms with Crippen LogP contribution in [0.1, 0.15) is 60.6 Å². The third kappa shape index (κ3) is 4.38. The predicted octanol–water partition coefficient (Wildman–Crippen LogP) is 4.97. The molecule has 0 bridgehead atoms. The highest BCUT2D eigenvalue weighted by molar-refractivity contribution is 7.09. The van der Waals surface area contributed by atoms with Gasteiger partial charge in [0.25, 0.3) is 5.56 Å². The Bertz CT molecular complexity index is 1600. The number of nitrogens with zero attached hydrogens (tertiary/aromatic N) is 6. The molecule has 4 heterocycles. The third-order valence-corrected chi connectivity index (χ3v) is 8.82. The number of hydrogen-bond acceptors (Lipinski definition) is 7. The molecule has 0 N–H and O–H groups in total. The summed E-state index contributed by atoms with van der Waals surface area (Å²) in [7, 11) is 1.73. The average Bonchev–Trinajstić information content (AvgIpc) is 3.66. The molecule has 7 nitrogen and oxygen atoms in total. The molecule has 38 heavy (non-hydrogen) atoms. The molecule has 1 aliphatic heterocycles. The largest absolute Gasteiger partial charge is 0.364 e. The van der Waals surface area contributed by atoms with Gasteiger partial charge in [-0.25, -0.2) is 14.4 Å². The fraction of sp³-hybridized carbons (Fsp3) is 0.379. The van der Waals surface area contributed by atoms with E-state index in [4.69, 9.17) is 4.98 Å². The van der Waals surface area contributed by atoms with Gasteiger partial charge < -0.3 is 9.47 Å². The predicted molar refractivity (Wildman–Crippen MR) is 147 cm³/mol. The second-order valence-corrected chi connectivity index (χ2v) is 11.4. The van der Waals surface area contributed by atoms with Crippen molar-refractivity contribution < 1.29 is 4.39 Å². The van der Waals surface area contributed by atoms with Crippen molar-refractivity contribution >= 4 is 28.1 Å². The summed E-state index contributed by atoms with van der Waals surface area (Å²) >= 11 is 1.72. The molecule has 9 heteroatoms. The summed E-state index contributed by atoms with van der Waals surface area (Å²) in [5.41, 5.74) is 4.35. The van der Waals surface area contributed by atoms with Crippen LogP contribution in [0.2, 0.25) is 0 Å². The van der Waals surface area contributed by atoms with E-state index in [0.29, 0.717) is 35.7 Å². The lowest BCUT2D eigenvalue weighted by molar-refractivity contribution is 0.128. The number of fused-ring (bicyclic) bond motifs is 1. The molecular weight excluding hydrogens is 499 g/mol. The normalized spacial score (nSPS) is 21.0. The summed E-state index contributed by atoms with van der Waals surface area (Å²) in [5, 5.41) is 12.8. The van der Waals surface area contributed by atoms with Gasteiger partial charge in [0, 0.05) is 49.6 Å². The van der Waals surface area contributed by atoms with Crippen LogP contribution in [0.15, 0.2) is 52.6 Å². The van der Waals surface area contributed by atoms with E-state index in [-0.39, 0.29) is 29.5 Å². The van der Waals surface area contributed by atoms with Crippen molar-refractivity contribution in [2.45, 2.75) is 50.7 Å². The molecule has 6 rings (SSSR count). The van der Waals surface area contributed by atoms with Crippen molar-refractivity contribution in [3.63, 3.8) is 0 Å². The van der Waals surface area contributed by atoms with Gasteiger partial charge in [-0.3, -0.25) is 9.69 Å². The number of aromatic nitrogens is 3. The van der Waals surface area contributed by atoms with E-state index in [1.54, 1.807) is 41.2 Å². The SMILES string of the molecule is C[C@@H]1CN(c2cc(=O)n(C)c3ccc(C#N)nc23)[C@@H](C)CN1C(c1ccc(F)cc1)c1csc(C2CC2)n1. The van der Waals surface area contributed by atoms with Crippen LogP contribution in [0.3, 0.4) is 0 Å². The maximum Gasteiger partial charge on any atom is 0.252 e. The van der Waals surface area contributed by atoms with Crippen LogP contribution in [0, 0.1) is 17.1 Å². The summed E-state index contributed by atoms with van der Waals surface area (Å²) in [6.07, 6.45) is 2.40. The molecule has 4 aromatic rings. The van der Waals surface area contributed by atoms with Crippen molar-refractivity contribution in [2.75, 3.05) is 18.0 Å². The maximum atomic E-state index is 13.8. The van der Waals surface area contributed by atoms with Gasteiger partial charge in [-0.05, 0) is 56.5 Å². The maximum absolute atomic E-state index is 13.8. The van der Waals surface area contributed by atoms with Crippen LogP contribution < -0.4 is 10.5 Å². The van der Waals surface area contributed by atoms with Gasteiger partial charge in [0.05, 0.1) is 27.9 Å². The first kappa shape index (κ1) is 24.7. The number of piperazine rings is 1. The first-order valence-corrected chi connectivity index (χ1v) is 13.9. The second-order valence-electron chi connectivity index (χ2n) is 10.5. The van der Waals surface area contributed by atoms with Crippen molar-refractivity contribution in [3.05, 3.63) is 86.0 Å². The van der Waals surface area contributed by atoms with Crippen molar-refractivity contribution in [1.82, 2.24) is 19.4 Å². The molecule has 2 fully saturated rings. The van der Waals surface area contributed by atoms with Crippen LogP contribution >= 0.6 is 11.3 Å². The van der Waals surface area contributed by atoms with E-state index in [0.717, 1.165) is 16.9 Å². The van der Waals surface area contributed by atoms with Gasteiger partial charge in [0.15, 0.2) is 0 Å². The van der Waals surface area contributed by atoms with Gasteiger partial charge in [-0.2, -0.15) is 5.26 Å². The molecule has 1 unspecified atom stereocenters. The van der Waals surface area contributed by atoms with Gasteiger partial charge in [-0.1, -0.05) is 12.1 Å². The lowest BCUT2D eigenvalue weighted by Gasteiger charge is -2.48. The Hall–Kier alpha value is -3.61. The quantitative estimate of drug-likeness (QED) is 0.364. The minimum Gasteiger partial charge on any atom is -0.364 e. The Balaban J connectivity index is 1.38. The fourth-order valence-electron chi connectivity index (χ4n) is 5.56. The molecule has 1 saturated heterocycles. The Labute approximate surface area is 224 Å². The zero-order valence-electron chi connectivity index (χ0n) is 21.6. The van der Waals surface area contributed by atoms with Crippen molar-refractivity contribution in [3.8, 4) is 6.07 Å². The fourth-order valence-corrected chi connectivity index (χ4v) is 6.57. The minimum absolute atomic E-state index is 0.0542. The molecular formula is C29H29FN6OS. The van der Waals surface area contributed by atoms with Crippen LogP contribution in [-0.2, 0) is 7.05 Å². The molecule has 1 saturated carbocycles. The van der Waals surface area contributed by atoms with E-state index in [2.05, 4.69) is 40.1 Å². The summed E-state index contributed by atoms with van der Waals surface area (Å²) in [6.45, 7) is 5.71. The number of thiazole rings is 1. The van der Waals surface area contributed by atoms with Gasteiger partial charge >= 0.3 is 0 Å². The lowest BCUT2D eigenvalue weighted by atomic mass is 9.97. The van der Waals surface area contributed by atoms with E-state index in [9.17, 15) is 14.4 Å². The number of anilines is 1. The van der Waals surface area contributed by atoms with Crippen LogP contribution in [-0.4, -0.2) is 44.6 Å². The monoisotopic (exact) mass is 528 g/mol. The number of nitriles is 1. The van der Waals surface area contributed by atoms with Crippen molar-refractivity contribution in [1.29, 1.82) is 5.26 Å². The molecule has 2 aliphatic rings. The summed E-state index contributed by atoms with van der Waals surface area (Å²) < 4.78 is 15.4. The second kappa shape index (κ2) is 9.61. The van der Waals surface area contributed by atoms with Crippen molar-refractivity contribution in [2.24, 2.45) is 7.05 Å².